The number of fused-ring (bicyclic) bond motifs is 2. The molecule has 5 rings (SSSR count). The molecule has 3 aromatic rings. The fraction of sp³-hybridized carbons (Fsp3) is 0.389. The van der Waals surface area contributed by atoms with Crippen molar-refractivity contribution in [3.8, 4) is 0 Å². The molecule has 2 amide bonds. The molecule has 2 unspecified atom stereocenters. The zero-order chi connectivity index (χ0) is 26.3. The van der Waals surface area contributed by atoms with E-state index in [1.165, 1.54) is 40.2 Å². The van der Waals surface area contributed by atoms with E-state index in [0.717, 1.165) is 11.3 Å². The van der Waals surface area contributed by atoms with E-state index in [4.69, 9.17) is 16.3 Å². The number of β-lactam (4-membered cyclic amide) rings is 1. The highest BCUT2D eigenvalue weighted by Crippen LogP contribution is 2.44. The number of aliphatic carboxylic acids is 1. The van der Waals surface area contributed by atoms with Gasteiger partial charge in [0, 0.05) is 23.4 Å². The predicted molar refractivity (Wildman–Crippen MR) is 134 cm³/mol. The molecule has 3 atom stereocenters. The Morgan fingerprint density at radius 1 is 1.43 bits per heavy atom. The maximum atomic E-state index is 12.9. The first-order valence-corrected chi connectivity index (χ1v) is 13.4. The van der Waals surface area contributed by atoms with Gasteiger partial charge in [-0.1, -0.05) is 5.16 Å². The molecule has 3 aromatic heterocycles. The second-order valence-corrected chi connectivity index (χ2v) is 11.1. The zero-order valence-corrected chi connectivity index (χ0v) is 21.4. The van der Waals surface area contributed by atoms with Crippen molar-refractivity contribution in [3.63, 3.8) is 0 Å². The average molecular weight is 566 g/mol. The minimum absolute atomic E-state index is 0.0253. The molecule has 0 radical (unpaired) electrons. The second kappa shape index (κ2) is 9.63. The summed E-state index contributed by atoms with van der Waals surface area (Å²) in [7, 11) is 1.28. The maximum Gasteiger partial charge on any atom is 0.313 e. The van der Waals surface area contributed by atoms with Crippen molar-refractivity contribution in [1.29, 1.82) is 0 Å². The minimum atomic E-state index is -1.25. The number of rotatable bonds is 8. The monoisotopic (exact) mass is 565 g/mol. The van der Waals surface area contributed by atoms with Crippen molar-refractivity contribution in [2.24, 2.45) is 10.6 Å². The summed E-state index contributed by atoms with van der Waals surface area (Å²) >= 11 is 3.59. The standard InChI is InChI=1S/C18H19N11O5S3/c1-34-25-10(8-3-35-17(20)21-8)13(30)22-11-14(31)28-4-18(16(32)33,6-37-15(11)28)5-36-9-2-7(19)12-23-26-27-29(12)24-9/h2-3,11,15H,4-6,19H2,1H3,(H2,20,21)(H,22,30)(H,32,33)/t11?,15-,18?/m1/s1. The first-order chi connectivity index (χ1) is 17.7. The summed E-state index contributed by atoms with van der Waals surface area (Å²) in [6.45, 7) is -0.0253. The summed E-state index contributed by atoms with van der Waals surface area (Å²) in [5.74, 6) is -1.76. The van der Waals surface area contributed by atoms with Crippen LogP contribution in [0.3, 0.4) is 0 Å². The summed E-state index contributed by atoms with van der Waals surface area (Å²) in [5, 5.41) is 33.5. The second-order valence-electron chi connectivity index (χ2n) is 8.12. The lowest BCUT2D eigenvalue weighted by molar-refractivity contribution is -0.157. The van der Waals surface area contributed by atoms with Crippen LogP contribution in [0.25, 0.3) is 5.65 Å². The van der Waals surface area contributed by atoms with Crippen LogP contribution in [0.1, 0.15) is 5.69 Å². The molecule has 2 saturated heterocycles. The normalized spacial score (nSPS) is 23.4. The van der Waals surface area contributed by atoms with Gasteiger partial charge in [-0.3, -0.25) is 14.4 Å². The number of carbonyl (C=O) groups excluding carboxylic acids is 2. The molecule has 5 heterocycles. The van der Waals surface area contributed by atoms with E-state index in [9.17, 15) is 19.5 Å². The fourth-order valence-corrected chi connectivity index (χ4v) is 7.14. The van der Waals surface area contributed by atoms with E-state index in [1.807, 2.05) is 0 Å². The van der Waals surface area contributed by atoms with Crippen LogP contribution in [-0.2, 0) is 19.2 Å². The Hall–Kier alpha value is -3.71. The third-order valence-electron chi connectivity index (χ3n) is 5.73. The molecular weight excluding hydrogens is 546 g/mol. The number of amides is 2. The smallest absolute Gasteiger partial charge is 0.313 e. The first kappa shape index (κ1) is 25.0. The number of thiazole rings is 1. The van der Waals surface area contributed by atoms with E-state index < -0.39 is 34.6 Å². The van der Waals surface area contributed by atoms with Crippen molar-refractivity contribution in [2.45, 2.75) is 16.4 Å². The van der Waals surface area contributed by atoms with Crippen LogP contribution in [0.2, 0.25) is 0 Å². The number of nitrogen functional groups attached to an aromatic ring is 2. The minimum Gasteiger partial charge on any atom is -0.481 e. The molecule has 2 aliphatic rings. The predicted octanol–water partition coefficient (Wildman–Crippen LogP) is -1.25. The van der Waals surface area contributed by atoms with Gasteiger partial charge >= 0.3 is 5.97 Å². The van der Waals surface area contributed by atoms with Gasteiger partial charge < -0.3 is 31.6 Å². The highest BCUT2D eigenvalue weighted by molar-refractivity contribution is 8.00. The van der Waals surface area contributed by atoms with Gasteiger partial charge in [0.1, 0.15) is 34.7 Å². The number of oxime groups is 1. The molecule has 2 aliphatic heterocycles. The lowest BCUT2D eigenvalue weighted by atomic mass is 9.89. The number of aromatic nitrogens is 6. The third-order valence-corrected chi connectivity index (χ3v) is 9.18. The maximum absolute atomic E-state index is 12.9. The molecule has 19 heteroatoms. The molecule has 37 heavy (non-hydrogen) atoms. The van der Waals surface area contributed by atoms with Gasteiger partial charge in [0.15, 0.2) is 10.8 Å². The van der Waals surface area contributed by atoms with Crippen LogP contribution in [-0.4, -0.2) is 100 Å². The van der Waals surface area contributed by atoms with Gasteiger partial charge in [-0.2, -0.15) is 0 Å². The van der Waals surface area contributed by atoms with Gasteiger partial charge in [0.25, 0.3) is 5.91 Å². The molecule has 0 aromatic carbocycles. The SMILES string of the molecule is CON=C(C(=O)NC1C(=O)N2CC(CSc3cc(N)c4nnnn4n3)(C(=O)O)CS[C@H]12)c1csc(N)n1. The number of hydrogen-bond donors (Lipinski definition) is 4. The number of hydrogen-bond acceptors (Lipinski definition) is 15. The Labute approximate surface area is 220 Å². The van der Waals surface area contributed by atoms with E-state index in [-0.39, 0.29) is 34.6 Å². The van der Waals surface area contributed by atoms with Crippen LogP contribution in [0, 0.1) is 5.41 Å². The Morgan fingerprint density at radius 2 is 2.24 bits per heavy atom. The number of carboxylic acids is 1. The summed E-state index contributed by atoms with van der Waals surface area (Å²) < 4.78 is 1.17. The average Bonchev–Trinajstić information content (AvgIpc) is 3.53. The first-order valence-electron chi connectivity index (χ1n) is 10.5. The molecule has 194 valence electrons. The summed E-state index contributed by atoms with van der Waals surface area (Å²) in [4.78, 5) is 48.4. The summed E-state index contributed by atoms with van der Waals surface area (Å²) in [6.07, 6.45) is 0. The quantitative estimate of drug-likeness (QED) is 0.108. The fourth-order valence-electron chi connectivity index (χ4n) is 3.83. The van der Waals surface area contributed by atoms with E-state index in [0.29, 0.717) is 16.4 Å². The molecule has 0 aliphatic carbocycles. The summed E-state index contributed by atoms with van der Waals surface area (Å²) in [5.41, 5.74) is 11.1. The van der Waals surface area contributed by atoms with E-state index in [1.54, 1.807) is 11.4 Å². The highest BCUT2D eigenvalue weighted by Gasteiger charge is 2.57. The van der Waals surface area contributed by atoms with Crippen LogP contribution in [0.15, 0.2) is 21.6 Å². The number of carboxylic acid groups (broad SMARTS) is 1. The molecular formula is C18H19N11O5S3. The number of nitrogens with two attached hydrogens (primary N) is 2. The largest absolute Gasteiger partial charge is 0.481 e. The number of nitrogens with zero attached hydrogens (tertiary/aromatic N) is 8. The number of nitrogens with one attached hydrogen (secondary N) is 1. The van der Waals surface area contributed by atoms with Crippen LogP contribution >= 0.6 is 34.9 Å². The van der Waals surface area contributed by atoms with Gasteiger partial charge in [-0.15, -0.1) is 49.7 Å². The number of carbonyl (C=O) groups is 3. The Morgan fingerprint density at radius 3 is 2.95 bits per heavy atom. The van der Waals surface area contributed by atoms with Crippen LogP contribution < -0.4 is 16.8 Å². The molecule has 0 saturated carbocycles. The van der Waals surface area contributed by atoms with Gasteiger partial charge in [-0.25, -0.2) is 4.98 Å². The molecule has 6 N–H and O–H groups in total. The molecule has 16 nitrogen and oxygen atoms in total. The van der Waals surface area contributed by atoms with Crippen molar-refractivity contribution >= 4 is 74.8 Å². The van der Waals surface area contributed by atoms with E-state index in [2.05, 4.69) is 36.1 Å². The lowest BCUT2D eigenvalue weighted by Crippen LogP contribution is -2.74. The van der Waals surface area contributed by atoms with Crippen LogP contribution in [0.5, 0.6) is 0 Å². The molecule has 0 bridgehead atoms. The zero-order valence-electron chi connectivity index (χ0n) is 19.0. The Balaban J connectivity index is 1.26. The summed E-state index contributed by atoms with van der Waals surface area (Å²) in [6, 6.07) is 0.721. The molecule has 0 spiro atoms. The topological polar surface area (TPSA) is 229 Å². The lowest BCUT2D eigenvalue weighted by Gasteiger charge is -2.53. The van der Waals surface area contributed by atoms with Crippen molar-refractivity contribution in [1.82, 2.24) is 40.5 Å². The van der Waals surface area contributed by atoms with Crippen molar-refractivity contribution < 1.29 is 24.3 Å². The van der Waals surface area contributed by atoms with Gasteiger partial charge in [0.05, 0.1) is 5.69 Å². The number of anilines is 2. The number of thioether (sulfide) groups is 2. The Kier molecular flexibility index (Phi) is 6.50. The van der Waals surface area contributed by atoms with Crippen molar-refractivity contribution in [3.05, 3.63) is 17.1 Å². The van der Waals surface area contributed by atoms with Gasteiger partial charge in [-0.05, 0) is 16.5 Å². The van der Waals surface area contributed by atoms with Crippen LogP contribution in [0.4, 0.5) is 10.8 Å². The number of tetrazole rings is 1. The molecule has 2 fully saturated rings. The highest BCUT2D eigenvalue weighted by atomic mass is 32.2. The van der Waals surface area contributed by atoms with Gasteiger partial charge in [0.2, 0.25) is 11.6 Å². The van der Waals surface area contributed by atoms with E-state index >= 15 is 0 Å². The third kappa shape index (κ3) is 4.48. The Bertz CT molecular complexity index is 1430. The van der Waals surface area contributed by atoms with Crippen molar-refractivity contribution in [2.75, 3.05) is 36.6 Å².